The first-order valence-corrected chi connectivity index (χ1v) is 6.38. The van der Waals surface area contributed by atoms with Crippen LogP contribution in [0.3, 0.4) is 0 Å². The van der Waals surface area contributed by atoms with Crippen LogP contribution >= 0.6 is 12.2 Å². The Kier molecular flexibility index (Phi) is 4.94. The molecule has 2 N–H and O–H groups in total. The van der Waals surface area contributed by atoms with Gasteiger partial charge in [0.05, 0.1) is 11.6 Å². The van der Waals surface area contributed by atoms with Crippen LogP contribution in [0.2, 0.25) is 0 Å². The Morgan fingerprint density at radius 3 is 2.29 bits per heavy atom. The Labute approximate surface area is 109 Å². The summed E-state index contributed by atoms with van der Waals surface area (Å²) in [7, 11) is 0. The highest BCUT2D eigenvalue weighted by Crippen LogP contribution is 2.24. The van der Waals surface area contributed by atoms with Gasteiger partial charge < -0.3 is 10.5 Å². The molecule has 0 aliphatic heterocycles. The van der Waals surface area contributed by atoms with Crippen molar-refractivity contribution in [2.75, 3.05) is 6.61 Å². The van der Waals surface area contributed by atoms with Gasteiger partial charge in [0, 0.05) is 5.92 Å². The molecule has 1 rings (SSSR count). The van der Waals surface area contributed by atoms with Crippen LogP contribution in [0.15, 0.2) is 12.1 Å². The second kappa shape index (κ2) is 6.01. The molecule has 0 aliphatic carbocycles. The van der Waals surface area contributed by atoms with Crippen molar-refractivity contribution in [3.8, 4) is 5.75 Å². The van der Waals surface area contributed by atoms with Crippen molar-refractivity contribution in [1.29, 1.82) is 0 Å². The molecule has 17 heavy (non-hydrogen) atoms. The van der Waals surface area contributed by atoms with Crippen molar-refractivity contribution < 1.29 is 4.74 Å². The molecule has 1 unspecified atom stereocenters. The minimum Gasteiger partial charge on any atom is -0.494 e. The van der Waals surface area contributed by atoms with Crippen LogP contribution in [0.4, 0.5) is 0 Å². The third-order valence-electron chi connectivity index (χ3n) is 2.98. The average Bonchev–Trinajstić information content (AvgIpc) is 2.23. The predicted molar refractivity (Wildman–Crippen MR) is 76.7 cm³/mol. The summed E-state index contributed by atoms with van der Waals surface area (Å²) in [6.07, 6.45) is 0.902. The van der Waals surface area contributed by atoms with Crippen LogP contribution in [0, 0.1) is 19.8 Å². The van der Waals surface area contributed by atoms with E-state index in [4.69, 9.17) is 22.7 Å². The normalized spacial score (nSPS) is 12.2. The number of hydrogen-bond acceptors (Lipinski definition) is 2. The van der Waals surface area contributed by atoms with Crippen molar-refractivity contribution in [3.05, 3.63) is 28.8 Å². The maximum atomic E-state index is 5.67. The van der Waals surface area contributed by atoms with Gasteiger partial charge in [-0.1, -0.05) is 19.1 Å². The van der Waals surface area contributed by atoms with Gasteiger partial charge in [-0.3, -0.25) is 0 Å². The maximum Gasteiger partial charge on any atom is 0.119 e. The summed E-state index contributed by atoms with van der Waals surface area (Å²) in [5.41, 5.74) is 9.49. The molecule has 1 atom stereocenters. The fraction of sp³-hybridized carbons (Fsp3) is 0.500. The number of ether oxygens (including phenoxy) is 1. The molecule has 1 aromatic rings. The number of rotatable bonds is 5. The molecule has 94 valence electrons. The molecule has 0 saturated carbocycles. The molecule has 1 aromatic carbocycles. The van der Waals surface area contributed by atoms with E-state index in [0.717, 1.165) is 12.2 Å². The number of aryl methyl sites for hydroxylation is 2. The first-order chi connectivity index (χ1) is 7.95. The predicted octanol–water partition coefficient (Wildman–Crippen LogP) is 3.17. The van der Waals surface area contributed by atoms with E-state index in [2.05, 4.69) is 32.9 Å². The zero-order valence-corrected chi connectivity index (χ0v) is 11.9. The molecule has 0 saturated heterocycles. The minimum absolute atomic E-state index is 0.236. The van der Waals surface area contributed by atoms with Gasteiger partial charge >= 0.3 is 0 Å². The summed E-state index contributed by atoms with van der Waals surface area (Å²) in [5, 5.41) is 0. The third-order valence-corrected chi connectivity index (χ3v) is 3.38. The van der Waals surface area contributed by atoms with Crippen LogP contribution in [0.25, 0.3) is 0 Å². The minimum atomic E-state index is 0.236. The molecule has 0 fully saturated rings. The highest BCUT2D eigenvalue weighted by atomic mass is 32.1. The Morgan fingerprint density at radius 1 is 1.35 bits per heavy atom. The second-order valence-electron chi connectivity index (χ2n) is 4.48. The number of benzene rings is 1. The highest BCUT2D eigenvalue weighted by molar-refractivity contribution is 7.80. The standard InChI is InChI=1S/C14H21NOS/c1-5-16-12-6-9(2)13(10(3)7-12)8-11(4)14(15)17/h6-7,11H,5,8H2,1-4H3,(H2,15,17). The van der Waals surface area contributed by atoms with Crippen molar-refractivity contribution >= 4 is 17.2 Å². The summed E-state index contributed by atoms with van der Waals surface area (Å²) in [4.78, 5) is 0.581. The lowest BCUT2D eigenvalue weighted by atomic mass is 9.93. The van der Waals surface area contributed by atoms with Crippen LogP contribution in [0.5, 0.6) is 5.75 Å². The van der Waals surface area contributed by atoms with E-state index < -0.39 is 0 Å². The molecular formula is C14H21NOS. The van der Waals surface area contributed by atoms with Gasteiger partial charge in [0.25, 0.3) is 0 Å². The molecule has 0 amide bonds. The molecule has 0 aromatic heterocycles. The third kappa shape index (κ3) is 3.70. The van der Waals surface area contributed by atoms with E-state index in [9.17, 15) is 0 Å². The van der Waals surface area contributed by atoms with E-state index in [1.165, 1.54) is 16.7 Å². The summed E-state index contributed by atoms with van der Waals surface area (Å²) >= 11 is 5.02. The summed E-state index contributed by atoms with van der Waals surface area (Å²) < 4.78 is 5.52. The van der Waals surface area contributed by atoms with Crippen LogP contribution in [0.1, 0.15) is 30.5 Å². The largest absolute Gasteiger partial charge is 0.494 e. The lowest BCUT2D eigenvalue weighted by Gasteiger charge is -2.16. The number of nitrogens with two attached hydrogens (primary N) is 1. The maximum absolute atomic E-state index is 5.67. The van der Waals surface area contributed by atoms with E-state index in [-0.39, 0.29) is 5.92 Å². The Morgan fingerprint density at radius 2 is 1.88 bits per heavy atom. The van der Waals surface area contributed by atoms with E-state index in [1.54, 1.807) is 0 Å². The second-order valence-corrected chi connectivity index (χ2v) is 4.95. The zero-order chi connectivity index (χ0) is 13.0. The van der Waals surface area contributed by atoms with Crippen LogP contribution in [-0.2, 0) is 6.42 Å². The number of hydrogen-bond donors (Lipinski definition) is 1. The average molecular weight is 251 g/mol. The van der Waals surface area contributed by atoms with E-state index in [0.29, 0.717) is 11.6 Å². The lowest BCUT2D eigenvalue weighted by Crippen LogP contribution is -2.20. The quantitative estimate of drug-likeness (QED) is 0.816. The topological polar surface area (TPSA) is 35.2 Å². The first-order valence-electron chi connectivity index (χ1n) is 5.98. The Hall–Kier alpha value is -1.09. The summed E-state index contributed by atoms with van der Waals surface area (Å²) in [6, 6.07) is 4.16. The van der Waals surface area contributed by atoms with Crippen LogP contribution in [-0.4, -0.2) is 11.6 Å². The smallest absolute Gasteiger partial charge is 0.119 e. The molecule has 0 aliphatic rings. The van der Waals surface area contributed by atoms with Crippen molar-refractivity contribution in [3.63, 3.8) is 0 Å². The van der Waals surface area contributed by atoms with Gasteiger partial charge in [0.15, 0.2) is 0 Å². The SMILES string of the molecule is CCOc1cc(C)c(CC(C)C(N)=S)c(C)c1. The number of thiocarbonyl (C=S) groups is 1. The Bertz CT molecular complexity index is 392. The lowest BCUT2D eigenvalue weighted by molar-refractivity contribution is 0.339. The summed E-state index contributed by atoms with van der Waals surface area (Å²) in [5.74, 6) is 1.18. The zero-order valence-electron chi connectivity index (χ0n) is 11.0. The molecule has 0 bridgehead atoms. The molecule has 3 heteroatoms. The van der Waals surface area contributed by atoms with Gasteiger partial charge in [-0.15, -0.1) is 0 Å². The molecule has 0 spiro atoms. The van der Waals surface area contributed by atoms with Gasteiger partial charge in [-0.05, 0) is 56.0 Å². The molecule has 0 heterocycles. The summed E-state index contributed by atoms with van der Waals surface area (Å²) in [6.45, 7) is 8.97. The van der Waals surface area contributed by atoms with Gasteiger partial charge in [0.1, 0.15) is 5.75 Å². The van der Waals surface area contributed by atoms with E-state index in [1.807, 2.05) is 6.92 Å². The monoisotopic (exact) mass is 251 g/mol. The highest BCUT2D eigenvalue weighted by Gasteiger charge is 2.11. The first kappa shape index (κ1) is 14.0. The van der Waals surface area contributed by atoms with E-state index >= 15 is 0 Å². The Balaban J connectivity index is 2.97. The molecular weight excluding hydrogens is 230 g/mol. The fourth-order valence-electron chi connectivity index (χ4n) is 1.93. The van der Waals surface area contributed by atoms with Gasteiger partial charge in [-0.2, -0.15) is 0 Å². The van der Waals surface area contributed by atoms with Crippen molar-refractivity contribution in [2.45, 2.75) is 34.1 Å². The van der Waals surface area contributed by atoms with Crippen molar-refractivity contribution in [1.82, 2.24) is 0 Å². The van der Waals surface area contributed by atoms with Crippen molar-refractivity contribution in [2.24, 2.45) is 11.7 Å². The fourth-order valence-corrected chi connectivity index (χ4v) is 2.02. The molecule has 0 radical (unpaired) electrons. The van der Waals surface area contributed by atoms with Gasteiger partial charge in [-0.25, -0.2) is 0 Å². The molecule has 2 nitrogen and oxygen atoms in total. The van der Waals surface area contributed by atoms with Crippen LogP contribution < -0.4 is 10.5 Å². The van der Waals surface area contributed by atoms with Gasteiger partial charge in [0.2, 0.25) is 0 Å².